The van der Waals surface area contributed by atoms with Crippen LogP contribution in [0.15, 0.2) is 18.3 Å². The van der Waals surface area contributed by atoms with Crippen molar-refractivity contribution in [2.45, 2.75) is 43.8 Å². The number of amides is 1. The van der Waals surface area contributed by atoms with Gasteiger partial charge in [-0.25, -0.2) is 4.79 Å². The molecule has 1 amide bonds. The Morgan fingerprint density at radius 1 is 1.26 bits per heavy atom. The highest BCUT2D eigenvalue weighted by Crippen LogP contribution is 2.31. The highest BCUT2D eigenvalue weighted by molar-refractivity contribution is 5.96. The average molecular weight is 330 g/mol. The summed E-state index contributed by atoms with van der Waals surface area (Å²) in [4.78, 5) is 28.0. The highest BCUT2D eigenvalue weighted by Gasteiger charge is 2.42. The number of hydrogen-bond donors (Lipinski definition) is 1. The molecule has 0 aliphatic heterocycles. The van der Waals surface area contributed by atoms with E-state index < -0.39 is 29.2 Å². The van der Waals surface area contributed by atoms with Gasteiger partial charge >= 0.3 is 12.1 Å². The Kier molecular flexibility index (Phi) is 4.91. The molecule has 0 aromatic carbocycles. The maximum Gasteiger partial charge on any atom is 0.416 e. The van der Waals surface area contributed by atoms with E-state index in [9.17, 15) is 22.8 Å². The number of nitrogens with zero attached hydrogens (tertiary/aromatic N) is 1. The minimum atomic E-state index is -4.57. The van der Waals surface area contributed by atoms with Crippen molar-refractivity contribution in [1.82, 2.24) is 10.3 Å². The number of alkyl halides is 3. The topological polar surface area (TPSA) is 68.3 Å². The van der Waals surface area contributed by atoms with Crippen molar-refractivity contribution in [3.63, 3.8) is 0 Å². The number of carbonyl (C=O) groups is 2. The molecule has 1 aromatic rings. The number of methoxy groups -OCH3 is 1. The van der Waals surface area contributed by atoms with E-state index in [4.69, 9.17) is 4.74 Å². The second-order valence-corrected chi connectivity index (χ2v) is 5.52. The third kappa shape index (κ3) is 3.80. The first-order chi connectivity index (χ1) is 10.8. The molecule has 0 unspecified atom stereocenters. The number of carbonyl (C=O) groups excluding carboxylic acids is 2. The lowest BCUT2D eigenvalue weighted by molar-refractivity contribution is -0.149. The van der Waals surface area contributed by atoms with Crippen LogP contribution >= 0.6 is 0 Å². The van der Waals surface area contributed by atoms with Gasteiger partial charge in [0.25, 0.3) is 5.91 Å². The van der Waals surface area contributed by atoms with Gasteiger partial charge in [0.05, 0.1) is 12.7 Å². The SMILES string of the molecule is COC(=O)C1(NC(=O)c2cc(C(F)(F)F)ccn2)CCCCC1. The minimum Gasteiger partial charge on any atom is -0.467 e. The standard InChI is InChI=1S/C15H17F3N2O3/c1-23-13(22)14(6-3-2-4-7-14)20-12(21)11-9-10(5-8-19-11)15(16,17)18/h5,8-9H,2-4,6-7H2,1H3,(H,20,21). The number of aromatic nitrogens is 1. The zero-order valence-corrected chi connectivity index (χ0v) is 12.6. The molecule has 0 spiro atoms. The zero-order chi connectivity index (χ0) is 17.1. The maximum atomic E-state index is 12.7. The normalized spacial score (nSPS) is 17.4. The van der Waals surface area contributed by atoms with Gasteiger partial charge in [0.15, 0.2) is 0 Å². The van der Waals surface area contributed by atoms with Crippen molar-refractivity contribution in [3.8, 4) is 0 Å². The summed E-state index contributed by atoms with van der Waals surface area (Å²) >= 11 is 0. The van der Waals surface area contributed by atoms with Crippen LogP contribution in [0.25, 0.3) is 0 Å². The van der Waals surface area contributed by atoms with Gasteiger partial charge in [-0.2, -0.15) is 13.2 Å². The second kappa shape index (κ2) is 6.55. The van der Waals surface area contributed by atoms with Crippen LogP contribution < -0.4 is 5.32 Å². The molecular formula is C15H17F3N2O3. The van der Waals surface area contributed by atoms with Gasteiger partial charge in [-0.3, -0.25) is 9.78 Å². The number of hydrogen-bond acceptors (Lipinski definition) is 4. The molecule has 0 bridgehead atoms. The van der Waals surface area contributed by atoms with Crippen molar-refractivity contribution in [3.05, 3.63) is 29.6 Å². The predicted molar refractivity (Wildman–Crippen MR) is 74.5 cm³/mol. The number of rotatable bonds is 3. The molecule has 1 aromatic heterocycles. The number of nitrogens with one attached hydrogen (secondary N) is 1. The molecule has 0 radical (unpaired) electrons. The van der Waals surface area contributed by atoms with E-state index in [1.54, 1.807) is 0 Å². The molecule has 23 heavy (non-hydrogen) atoms. The van der Waals surface area contributed by atoms with Crippen molar-refractivity contribution < 1.29 is 27.5 Å². The molecule has 2 rings (SSSR count). The molecule has 0 atom stereocenters. The van der Waals surface area contributed by atoms with Crippen LogP contribution in [0.3, 0.4) is 0 Å². The number of halogens is 3. The average Bonchev–Trinajstić information content (AvgIpc) is 2.54. The largest absolute Gasteiger partial charge is 0.467 e. The van der Waals surface area contributed by atoms with Crippen molar-refractivity contribution in [2.75, 3.05) is 7.11 Å². The molecule has 1 aliphatic carbocycles. The maximum absolute atomic E-state index is 12.7. The first-order valence-electron chi connectivity index (χ1n) is 7.23. The summed E-state index contributed by atoms with van der Waals surface area (Å²) in [5, 5.41) is 2.53. The Morgan fingerprint density at radius 2 is 1.91 bits per heavy atom. The number of ether oxygens (including phenoxy) is 1. The van der Waals surface area contributed by atoms with E-state index in [0.29, 0.717) is 18.9 Å². The number of pyridine rings is 1. The third-order valence-electron chi connectivity index (χ3n) is 3.96. The molecule has 0 saturated heterocycles. The monoisotopic (exact) mass is 330 g/mol. The third-order valence-corrected chi connectivity index (χ3v) is 3.96. The zero-order valence-electron chi connectivity index (χ0n) is 12.6. The van der Waals surface area contributed by atoms with E-state index in [0.717, 1.165) is 31.5 Å². The molecule has 1 heterocycles. The summed E-state index contributed by atoms with van der Waals surface area (Å²) in [6.45, 7) is 0. The van der Waals surface area contributed by atoms with E-state index in [1.807, 2.05) is 0 Å². The Balaban J connectivity index is 2.24. The number of esters is 1. The summed E-state index contributed by atoms with van der Waals surface area (Å²) in [6, 6.07) is 1.45. The van der Waals surface area contributed by atoms with Crippen LogP contribution in [-0.4, -0.2) is 29.5 Å². The Hall–Kier alpha value is -2.12. The van der Waals surface area contributed by atoms with E-state index >= 15 is 0 Å². The van der Waals surface area contributed by atoms with Crippen LogP contribution in [0, 0.1) is 0 Å². The molecule has 1 aliphatic rings. The van der Waals surface area contributed by atoms with Gasteiger partial charge in [-0.1, -0.05) is 19.3 Å². The van der Waals surface area contributed by atoms with E-state index in [-0.39, 0.29) is 5.69 Å². The van der Waals surface area contributed by atoms with Crippen LogP contribution in [0.2, 0.25) is 0 Å². The second-order valence-electron chi connectivity index (χ2n) is 5.52. The highest BCUT2D eigenvalue weighted by atomic mass is 19.4. The molecule has 1 fully saturated rings. The fourth-order valence-corrected chi connectivity index (χ4v) is 2.74. The molecule has 8 heteroatoms. The summed E-state index contributed by atoms with van der Waals surface area (Å²) in [5.74, 6) is -1.40. The van der Waals surface area contributed by atoms with Gasteiger partial charge in [0.1, 0.15) is 11.2 Å². The fraction of sp³-hybridized carbons (Fsp3) is 0.533. The quantitative estimate of drug-likeness (QED) is 0.865. The minimum absolute atomic E-state index is 0.381. The van der Waals surface area contributed by atoms with Crippen LogP contribution in [0.1, 0.15) is 48.2 Å². The first-order valence-corrected chi connectivity index (χ1v) is 7.23. The summed E-state index contributed by atoms with van der Waals surface area (Å²) in [5.41, 5.74) is -2.54. The van der Waals surface area contributed by atoms with Crippen molar-refractivity contribution in [2.24, 2.45) is 0 Å². The molecule has 1 saturated carbocycles. The fourth-order valence-electron chi connectivity index (χ4n) is 2.74. The summed E-state index contributed by atoms with van der Waals surface area (Å²) in [7, 11) is 1.22. The van der Waals surface area contributed by atoms with Gasteiger partial charge < -0.3 is 10.1 Å². The van der Waals surface area contributed by atoms with Crippen LogP contribution in [0.5, 0.6) is 0 Å². The molecule has 5 nitrogen and oxygen atoms in total. The van der Waals surface area contributed by atoms with Gasteiger partial charge in [0, 0.05) is 6.20 Å². The first kappa shape index (κ1) is 17.2. The van der Waals surface area contributed by atoms with Crippen molar-refractivity contribution >= 4 is 11.9 Å². The summed E-state index contributed by atoms with van der Waals surface area (Å²) in [6.07, 6.45) is -0.478. The van der Waals surface area contributed by atoms with Crippen molar-refractivity contribution in [1.29, 1.82) is 0 Å². The molecule has 126 valence electrons. The lowest BCUT2D eigenvalue weighted by Gasteiger charge is -2.35. The predicted octanol–water partition coefficient (Wildman–Crippen LogP) is 2.71. The Labute approximate surface area is 131 Å². The Morgan fingerprint density at radius 3 is 2.48 bits per heavy atom. The Bertz CT molecular complexity index is 596. The van der Waals surface area contributed by atoms with E-state index in [1.165, 1.54) is 7.11 Å². The lowest BCUT2D eigenvalue weighted by Crippen LogP contribution is -2.56. The van der Waals surface area contributed by atoms with E-state index in [2.05, 4.69) is 10.3 Å². The van der Waals surface area contributed by atoms with Gasteiger partial charge in [-0.15, -0.1) is 0 Å². The van der Waals surface area contributed by atoms with Crippen LogP contribution in [0.4, 0.5) is 13.2 Å². The van der Waals surface area contributed by atoms with Gasteiger partial charge in [-0.05, 0) is 25.0 Å². The lowest BCUT2D eigenvalue weighted by atomic mass is 9.81. The molecule has 1 N–H and O–H groups in total. The van der Waals surface area contributed by atoms with Gasteiger partial charge in [0.2, 0.25) is 0 Å². The van der Waals surface area contributed by atoms with Crippen LogP contribution in [-0.2, 0) is 15.7 Å². The molecular weight excluding hydrogens is 313 g/mol. The summed E-state index contributed by atoms with van der Waals surface area (Å²) < 4.78 is 42.9. The smallest absolute Gasteiger partial charge is 0.416 e.